The van der Waals surface area contributed by atoms with Crippen molar-refractivity contribution < 1.29 is 14.0 Å². The molecule has 0 spiro atoms. The maximum absolute atomic E-state index is 12.8. The van der Waals surface area contributed by atoms with Crippen molar-refractivity contribution in [2.24, 2.45) is 5.10 Å². The summed E-state index contributed by atoms with van der Waals surface area (Å²) in [5.74, 6) is -0.935. The number of benzene rings is 2. The number of nitrogens with zero attached hydrogens (tertiary/aromatic N) is 1. The van der Waals surface area contributed by atoms with Crippen molar-refractivity contribution in [3.05, 3.63) is 65.0 Å². The van der Waals surface area contributed by atoms with Crippen LogP contribution in [-0.2, 0) is 9.59 Å². The summed E-state index contributed by atoms with van der Waals surface area (Å²) in [7, 11) is 0. The van der Waals surface area contributed by atoms with E-state index in [1.54, 1.807) is 12.1 Å². The minimum Gasteiger partial charge on any atom is -0.326 e. The van der Waals surface area contributed by atoms with Gasteiger partial charge in [-0.3, -0.25) is 9.59 Å². The first-order chi connectivity index (χ1) is 11.9. The molecule has 130 valence electrons. The van der Waals surface area contributed by atoms with Crippen molar-refractivity contribution in [3.63, 3.8) is 0 Å². The Morgan fingerprint density at radius 3 is 2.40 bits per heavy atom. The number of carbonyl (C=O) groups excluding carboxylic acids is 2. The molecule has 2 N–H and O–H groups in total. The van der Waals surface area contributed by atoms with Crippen LogP contribution in [0.2, 0.25) is 0 Å². The van der Waals surface area contributed by atoms with Crippen LogP contribution in [-0.4, -0.2) is 18.0 Å². The van der Waals surface area contributed by atoms with Gasteiger partial charge in [0.1, 0.15) is 5.82 Å². The van der Waals surface area contributed by atoms with Crippen LogP contribution in [0.15, 0.2) is 47.6 Å². The third-order valence-electron chi connectivity index (χ3n) is 3.51. The number of hydrogen-bond donors (Lipinski definition) is 2. The lowest BCUT2D eigenvalue weighted by atomic mass is 10.1. The van der Waals surface area contributed by atoms with Crippen LogP contribution in [0.5, 0.6) is 0 Å². The van der Waals surface area contributed by atoms with Gasteiger partial charge in [-0.1, -0.05) is 29.8 Å². The molecule has 0 radical (unpaired) electrons. The summed E-state index contributed by atoms with van der Waals surface area (Å²) in [5, 5.41) is 6.57. The first-order valence-corrected chi connectivity index (χ1v) is 7.88. The monoisotopic (exact) mass is 341 g/mol. The predicted octanol–water partition coefficient (Wildman–Crippen LogP) is 3.31. The van der Waals surface area contributed by atoms with Crippen molar-refractivity contribution in [1.82, 2.24) is 5.43 Å². The molecule has 25 heavy (non-hydrogen) atoms. The summed E-state index contributed by atoms with van der Waals surface area (Å²) >= 11 is 0. The second-order valence-corrected chi connectivity index (χ2v) is 5.71. The SMILES string of the molecule is Cc1ccc(NC(=O)CCC(=O)N/N=C/c2ccc(F)cc2)c(C)c1. The molecule has 2 aromatic carbocycles. The third-order valence-corrected chi connectivity index (χ3v) is 3.51. The number of rotatable bonds is 6. The Balaban J connectivity index is 1.75. The zero-order chi connectivity index (χ0) is 18.2. The summed E-state index contributed by atoms with van der Waals surface area (Å²) in [5.41, 5.74) is 5.84. The van der Waals surface area contributed by atoms with E-state index < -0.39 is 0 Å². The molecule has 0 unspecified atom stereocenters. The molecule has 0 saturated carbocycles. The second kappa shape index (κ2) is 8.73. The van der Waals surface area contributed by atoms with Crippen LogP contribution >= 0.6 is 0 Å². The number of hydrogen-bond acceptors (Lipinski definition) is 3. The lowest BCUT2D eigenvalue weighted by Crippen LogP contribution is -2.20. The van der Waals surface area contributed by atoms with Gasteiger partial charge < -0.3 is 5.32 Å². The first-order valence-electron chi connectivity index (χ1n) is 7.88. The van der Waals surface area contributed by atoms with E-state index in [1.165, 1.54) is 18.3 Å². The third kappa shape index (κ3) is 6.18. The smallest absolute Gasteiger partial charge is 0.240 e. The summed E-state index contributed by atoms with van der Waals surface area (Å²) < 4.78 is 12.8. The lowest BCUT2D eigenvalue weighted by molar-refractivity contribution is -0.124. The highest BCUT2D eigenvalue weighted by atomic mass is 19.1. The van der Waals surface area contributed by atoms with Crippen molar-refractivity contribution >= 4 is 23.7 Å². The van der Waals surface area contributed by atoms with E-state index in [2.05, 4.69) is 15.8 Å². The van der Waals surface area contributed by atoms with Crippen LogP contribution in [0, 0.1) is 19.7 Å². The van der Waals surface area contributed by atoms with E-state index in [4.69, 9.17) is 0 Å². The zero-order valence-corrected chi connectivity index (χ0v) is 14.2. The molecular formula is C19H20FN3O2. The largest absolute Gasteiger partial charge is 0.326 e. The van der Waals surface area contributed by atoms with Crippen molar-refractivity contribution in [2.75, 3.05) is 5.32 Å². The Bertz CT molecular complexity index is 786. The first kappa shape index (κ1) is 18.3. The summed E-state index contributed by atoms with van der Waals surface area (Å²) in [6, 6.07) is 11.4. The summed E-state index contributed by atoms with van der Waals surface area (Å²) in [6.45, 7) is 3.90. The fourth-order valence-electron chi connectivity index (χ4n) is 2.18. The van der Waals surface area contributed by atoms with E-state index >= 15 is 0 Å². The van der Waals surface area contributed by atoms with Gasteiger partial charge >= 0.3 is 0 Å². The molecule has 2 aromatic rings. The van der Waals surface area contributed by atoms with Crippen molar-refractivity contribution in [3.8, 4) is 0 Å². The van der Waals surface area contributed by atoms with Gasteiger partial charge in [0.25, 0.3) is 0 Å². The second-order valence-electron chi connectivity index (χ2n) is 5.71. The van der Waals surface area contributed by atoms with Crippen LogP contribution in [0.1, 0.15) is 29.5 Å². The molecule has 0 saturated heterocycles. The Morgan fingerprint density at radius 2 is 1.72 bits per heavy atom. The maximum Gasteiger partial charge on any atom is 0.240 e. The lowest BCUT2D eigenvalue weighted by Gasteiger charge is -2.08. The number of anilines is 1. The number of nitrogens with one attached hydrogen (secondary N) is 2. The summed E-state index contributed by atoms with van der Waals surface area (Å²) in [4.78, 5) is 23.6. The number of amides is 2. The Hall–Kier alpha value is -3.02. The van der Waals surface area contributed by atoms with Gasteiger partial charge in [0.15, 0.2) is 0 Å². The van der Waals surface area contributed by atoms with Gasteiger partial charge in [0.2, 0.25) is 11.8 Å². The topological polar surface area (TPSA) is 70.6 Å². The number of carbonyl (C=O) groups is 2. The summed E-state index contributed by atoms with van der Waals surface area (Å²) in [6.07, 6.45) is 1.50. The van der Waals surface area contributed by atoms with Gasteiger partial charge in [-0.2, -0.15) is 5.10 Å². The molecular weight excluding hydrogens is 321 g/mol. The highest BCUT2D eigenvalue weighted by molar-refractivity contribution is 5.94. The minimum atomic E-state index is -0.367. The van der Waals surface area contributed by atoms with E-state index in [0.717, 1.165) is 16.8 Å². The fraction of sp³-hybridized carbons (Fsp3) is 0.211. The van der Waals surface area contributed by atoms with Gasteiger partial charge in [-0.25, -0.2) is 9.82 Å². The predicted molar refractivity (Wildman–Crippen MR) is 95.9 cm³/mol. The molecule has 0 bridgehead atoms. The minimum absolute atomic E-state index is 0.0253. The number of halogens is 1. The Kier molecular flexibility index (Phi) is 6.39. The number of hydrazone groups is 1. The van der Waals surface area contributed by atoms with Crippen LogP contribution < -0.4 is 10.7 Å². The van der Waals surface area contributed by atoms with Crippen LogP contribution in [0.4, 0.5) is 10.1 Å². The molecule has 0 aromatic heterocycles. The zero-order valence-electron chi connectivity index (χ0n) is 14.2. The standard InChI is InChI=1S/C19H20FN3O2/c1-13-3-8-17(14(2)11-13)22-18(24)9-10-19(25)23-21-12-15-4-6-16(20)7-5-15/h3-8,11-12H,9-10H2,1-2H3,(H,22,24)(H,23,25)/b21-12+. The maximum atomic E-state index is 12.8. The molecule has 0 fully saturated rings. The molecule has 0 atom stereocenters. The molecule has 0 aliphatic carbocycles. The highest BCUT2D eigenvalue weighted by Gasteiger charge is 2.08. The molecule has 2 rings (SSSR count). The quantitative estimate of drug-likeness (QED) is 0.625. The van der Waals surface area contributed by atoms with Crippen molar-refractivity contribution in [1.29, 1.82) is 0 Å². The molecule has 0 aliphatic heterocycles. The molecule has 0 aliphatic rings. The average Bonchev–Trinajstić information content (AvgIpc) is 2.57. The van der Waals surface area contributed by atoms with E-state index in [9.17, 15) is 14.0 Å². The van der Waals surface area contributed by atoms with Gasteiger partial charge in [-0.15, -0.1) is 0 Å². The average molecular weight is 341 g/mol. The molecule has 0 heterocycles. The molecule has 5 nitrogen and oxygen atoms in total. The molecule has 6 heteroatoms. The Morgan fingerprint density at radius 1 is 1.04 bits per heavy atom. The fourth-order valence-corrected chi connectivity index (χ4v) is 2.18. The van der Waals surface area contributed by atoms with Crippen LogP contribution in [0.25, 0.3) is 0 Å². The highest BCUT2D eigenvalue weighted by Crippen LogP contribution is 2.16. The van der Waals surface area contributed by atoms with Gasteiger partial charge in [0, 0.05) is 18.5 Å². The normalized spacial score (nSPS) is 10.7. The van der Waals surface area contributed by atoms with E-state index in [-0.39, 0.29) is 30.5 Å². The Labute approximate surface area is 145 Å². The van der Waals surface area contributed by atoms with Gasteiger partial charge in [0.05, 0.1) is 6.21 Å². The van der Waals surface area contributed by atoms with E-state index in [0.29, 0.717) is 5.56 Å². The van der Waals surface area contributed by atoms with E-state index in [1.807, 2.05) is 32.0 Å². The van der Waals surface area contributed by atoms with Crippen LogP contribution in [0.3, 0.4) is 0 Å². The molecule has 2 amide bonds. The number of aryl methyl sites for hydroxylation is 2. The van der Waals surface area contributed by atoms with Gasteiger partial charge in [-0.05, 0) is 43.2 Å². The van der Waals surface area contributed by atoms with Crippen molar-refractivity contribution in [2.45, 2.75) is 26.7 Å².